The van der Waals surface area contributed by atoms with E-state index >= 15 is 0 Å². The Labute approximate surface area is 199 Å². The standard InChI is InChI=1S/C27H29N3O4/c1-32-23-9-5-8-22(17-23)28-27(31)26(21-6-3-2-4-7-21)30-14-12-29(13-15-30)18-20-10-11-24-25(16-20)34-19-33-24/h2-11,16-17,26H,12-15,18-19H2,1H3,(H,28,31)/t26-/m0/s1. The van der Waals surface area contributed by atoms with Crippen LogP contribution in [0.1, 0.15) is 17.2 Å². The molecule has 1 saturated heterocycles. The molecule has 3 aromatic carbocycles. The minimum atomic E-state index is -0.361. The van der Waals surface area contributed by atoms with Crippen LogP contribution in [-0.4, -0.2) is 55.8 Å². The second-order valence-corrected chi connectivity index (χ2v) is 8.53. The number of carbonyl (C=O) groups excluding carboxylic acids is 1. The summed E-state index contributed by atoms with van der Waals surface area (Å²) in [5, 5.41) is 3.09. The molecule has 5 rings (SSSR count). The van der Waals surface area contributed by atoms with Crippen LogP contribution in [0.3, 0.4) is 0 Å². The number of carbonyl (C=O) groups is 1. The van der Waals surface area contributed by atoms with E-state index in [0.717, 1.165) is 55.5 Å². The minimum Gasteiger partial charge on any atom is -0.497 e. The van der Waals surface area contributed by atoms with E-state index in [1.165, 1.54) is 5.56 Å². The lowest BCUT2D eigenvalue weighted by Gasteiger charge is -2.38. The minimum absolute atomic E-state index is 0.0383. The summed E-state index contributed by atoms with van der Waals surface area (Å²) in [6.45, 7) is 4.49. The van der Waals surface area contributed by atoms with E-state index in [0.29, 0.717) is 5.75 Å². The molecule has 3 aromatic rings. The first kappa shape index (κ1) is 22.3. The van der Waals surface area contributed by atoms with Gasteiger partial charge in [0.15, 0.2) is 11.5 Å². The zero-order chi connectivity index (χ0) is 23.3. The first-order chi connectivity index (χ1) is 16.7. The maximum absolute atomic E-state index is 13.5. The smallest absolute Gasteiger partial charge is 0.246 e. The third-order valence-corrected chi connectivity index (χ3v) is 6.32. The van der Waals surface area contributed by atoms with Crippen molar-refractivity contribution in [3.05, 3.63) is 83.9 Å². The van der Waals surface area contributed by atoms with Crippen LogP contribution in [0, 0.1) is 0 Å². The highest BCUT2D eigenvalue weighted by molar-refractivity contribution is 5.95. The van der Waals surface area contributed by atoms with Crippen LogP contribution in [0.4, 0.5) is 5.69 Å². The monoisotopic (exact) mass is 459 g/mol. The van der Waals surface area contributed by atoms with E-state index in [-0.39, 0.29) is 18.7 Å². The number of nitrogens with one attached hydrogen (secondary N) is 1. The topological polar surface area (TPSA) is 63.3 Å². The summed E-state index contributed by atoms with van der Waals surface area (Å²) < 4.78 is 16.2. The largest absolute Gasteiger partial charge is 0.497 e. The SMILES string of the molecule is COc1cccc(NC(=O)[C@H](c2ccccc2)N2CCN(Cc3ccc4c(c3)OCO4)CC2)c1. The highest BCUT2D eigenvalue weighted by Crippen LogP contribution is 2.33. The van der Waals surface area contributed by atoms with Crippen molar-refractivity contribution < 1.29 is 19.0 Å². The maximum Gasteiger partial charge on any atom is 0.246 e. The molecule has 7 heteroatoms. The van der Waals surface area contributed by atoms with Crippen LogP contribution < -0.4 is 19.5 Å². The van der Waals surface area contributed by atoms with E-state index in [4.69, 9.17) is 14.2 Å². The molecule has 176 valence electrons. The number of fused-ring (bicyclic) bond motifs is 1. The Bertz CT molecular complexity index is 1130. The predicted molar refractivity (Wildman–Crippen MR) is 130 cm³/mol. The Hall–Kier alpha value is -3.55. The fourth-order valence-corrected chi connectivity index (χ4v) is 4.55. The number of rotatable bonds is 7. The van der Waals surface area contributed by atoms with Gasteiger partial charge in [-0.1, -0.05) is 42.5 Å². The average molecular weight is 460 g/mol. The second-order valence-electron chi connectivity index (χ2n) is 8.53. The highest BCUT2D eigenvalue weighted by Gasteiger charge is 2.30. The first-order valence-electron chi connectivity index (χ1n) is 11.5. The van der Waals surface area contributed by atoms with Crippen molar-refractivity contribution in [2.24, 2.45) is 0 Å². The van der Waals surface area contributed by atoms with Crippen molar-refractivity contribution in [2.75, 3.05) is 45.4 Å². The van der Waals surface area contributed by atoms with Crippen molar-refractivity contribution in [1.82, 2.24) is 9.80 Å². The van der Waals surface area contributed by atoms with E-state index in [1.54, 1.807) is 7.11 Å². The normalized spacial score (nSPS) is 16.7. The number of methoxy groups -OCH3 is 1. The molecule has 7 nitrogen and oxygen atoms in total. The third-order valence-electron chi connectivity index (χ3n) is 6.32. The predicted octanol–water partition coefficient (Wildman–Crippen LogP) is 3.92. The number of ether oxygens (including phenoxy) is 3. The molecule has 1 amide bonds. The first-order valence-corrected chi connectivity index (χ1v) is 11.5. The molecule has 1 N–H and O–H groups in total. The summed E-state index contributed by atoms with van der Waals surface area (Å²) in [4.78, 5) is 18.1. The number of hydrogen-bond donors (Lipinski definition) is 1. The van der Waals surface area contributed by atoms with Crippen LogP contribution in [0.5, 0.6) is 17.2 Å². The van der Waals surface area contributed by atoms with Gasteiger partial charge < -0.3 is 19.5 Å². The molecule has 0 radical (unpaired) electrons. The summed E-state index contributed by atoms with van der Waals surface area (Å²) >= 11 is 0. The zero-order valence-electron chi connectivity index (χ0n) is 19.3. The lowest BCUT2D eigenvalue weighted by molar-refractivity contribution is -0.122. The van der Waals surface area contributed by atoms with Gasteiger partial charge >= 0.3 is 0 Å². The molecule has 0 unspecified atom stereocenters. The lowest BCUT2D eigenvalue weighted by atomic mass is 10.0. The number of piperazine rings is 1. The number of hydrogen-bond acceptors (Lipinski definition) is 6. The number of nitrogens with zero attached hydrogens (tertiary/aromatic N) is 2. The zero-order valence-corrected chi connectivity index (χ0v) is 19.3. The van der Waals surface area contributed by atoms with Crippen molar-refractivity contribution >= 4 is 11.6 Å². The molecular weight excluding hydrogens is 430 g/mol. The van der Waals surface area contributed by atoms with Crippen molar-refractivity contribution in [1.29, 1.82) is 0 Å². The lowest BCUT2D eigenvalue weighted by Crippen LogP contribution is -2.49. The van der Waals surface area contributed by atoms with E-state index < -0.39 is 0 Å². The Morgan fingerprint density at radius 2 is 1.74 bits per heavy atom. The molecule has 0 bridgehead atoms. The van der Waals surface area contributed by atoms with E-state index in [2.05, 4.69) is 27.2 Å². The fraction of sp³-hybridized carbons (Fsp3) is 0.296. The van der Waals surface area contributed by atoms with Gasteiger partial charge in [-0.15, -0.1) is 0 Å². The Morgan fingerprint density at radius 1 is 0.941 bits per heavy atom. The van der Waals surface area contributed by atoms with Gasteiger partial charge in [0.1, 0.15) is 11.8 Å². The quantitative estimate of drug-likeness (QED) is 0.578. The highest BCUT2D eigenvalue weighted by atomic mass is 16.7. The van der Waals surface area contributed by atoms with E-state index in [1.807, 2.05) is 60.7 Å². The molecule has 2 aliphatic heterocycles. The van der Waals surface area contributed by atoms with Gasteiger partial charge in [0, 0.05) is 44.5 Å². The van der Waals surface area contributed by atoms with Crippen molar-refractivity contribution in [3.8, 4) is 17.2 Å². The molecule has 0 aromatic heterocycles. The van der Waals surface area contributed by atoms with Gasteiger partial charge in [0.05, 0.1) is 7.11 Å². The fourth-order valence-electron chi connectivity index (χ4n) is 4.55. The summed E-state index contributed by atoms with van der Waals surface area (Å²) in [6.07, 6.45) is 0. The van der Waals surface area contributed by atoms with Gasteiger partial charge in [-0.2, -0.15) is 0 Å². The molecule has 2 aliphatic rings. The van der Waals surface area contributed by atoms with E-state index in [9.17, 15) is 4.79 Å². The molecule has 1 atom stereocenters. The average Bonchev–Trinajstić information content (AvgIpc) is 3.34. The van der Waals surface area contributed by atoms with Gasteiger partial charge in [0.2, 0.25) is 12.7 Å². The number of benzene rings is 3. The van der Waals surface area contributed by atoms with Crippen LogP contribution in [-0.2, 0) is 11.3 Å². The Balaban J connectivity index is 1.26. The molecule has 0 saturated carbocycles. The third kappa shape index (κ3) is 5.00. The van der Waals surface area contributed by atoms with Crippen LogP contribution >= 0.6 is 0 Å². The van der Waals surface area contributed by atoms with Gasteiger partial charge in [0.25, 0.3) is 0 Å². The summed E-state index contributed by atoms with van der Waals surface area (Å²) in [5.41, 5.74) is 2.92. The molecule has 0 spiro atoms. The molecule has 34 heavy (non-hydrogen) atoms. The molecule has 2 heterocycles. The summed E-state index contributed by atoms with van der Waals surface area (Å²) in [7, 11) is 1.62. The number of anilines is 1. The van der Waals surface area contributed by atoms with Crippen molar-refractivity contribution in [3.63, 3.8) is 0 Å². The summed E-state index contributed by atoms with van der Waals surface area (Å²) in [6, 6.07) is 23.2. The van der Waals surface area contributed by atoms with Crippen LogP contribution in [0.25, 0.3) is 0 Å². The van der Waals surface area contributed by atoms with Gasteiger partial charge in [-0.3, -0.25) is 14.6 Å². The second kappa shape index (κ2) is 10.2. The number of amides is 1. The van der Waals surface area contributed by atoms with Crippen LogP contribution in [0.15, 0.2) is 72.8 Å². The van der Waals surface area contributed by atoms with Gasteiger partial charge in [-0.25, -0.2) is 0 Å². The maximum atomic E-state index is 13.5. The molecule has 1 fully saturated rings. The Morgan fingerprint density at radius 3 is 2.53 bits per heavy atom. The van der Waals surface area contributed by atoms with Crippen LogP contribution in [0.2, 0.25) is 0 Å². The Kier molecular flexibility index (Phi) is 6.65. The van der Waals surface area contributed by atoms with Crippen molar-refractivity contribution in [2.45, 2.75) is 12.6 Å². The molecular formula is C27H29N3O4. The van der Waals surface area contributed by atoms with Gasteiger partial charge in [-0.05, 0) is 35.4 Å². The molecule has 0 aliphatic carbocycles. The summed E-state index contributed by atoms with van der Waals surface area (Å²) in [5.74, 6) is 2.30.